The lowest BCUT2D eigenvalue weighted by Gasteiger charge is -2.11. The number of carbonyl (C=O) groups excluding carboxylic acids is 1. The fourth-order valence-corrected chi connectivity index (χ4v) is 3.73. The van der Waals surface area contributed by atoms with E-state index >= 15 is 0 Å². The number of amides is 1. The number of nitrogens with one attached hydrogen (secondary N) is 1. The van der Waals surface area contributed by atoms with Gasteiger partial charge in [-0.25, -0.2) is 0 Å². The Kier molecular flexibility index (Phi) is 6.45. The number of hydrogen-bond donors (Lipinski definition) is 2. The normalized spacial score (nSPS) is 12.3. The van der Waals surface area contributed by atoms with Gasteiger partial charge in [0.25, 0.3) is 5.91 Å². The third-order valence-corrected chi connectivity index (χ3v) is 5.63. The van der Waals surface area contributed by atoms with Crippen LogP contribution in [0.4, 0.5) is 11.4 Å². The van der Waals surface area contributed by atoms with Crippen molar-refractivity contribution in [2.45, 2.75) is 19.4 Å². The molecule has 0 fully saturated rings. The van der Waals surface area contributed by atoms with E-state index < -0.39 is 8.69 Å². The van der Waals surface area contributed by atoms with Gasteiger partial charge in [0.2, 0.25) is 0 Å². The molecule has 3 rings (SSSR count). The monoisotopic (exact) mass is 400 g/mol. The van der Waals surface area contributed by atoms with Crippen LogP contribution in [0.2, 0.25) is 0 Å². The van der Waals surface area contributed by atoms with Crippen molar-refractivity contribution in [3.05, 3.63) is 71.1 Å². The molecular weight excluding hydrogens is 379 g/mol. The van der Waals surface area contributed by atoms with Crippen molar-refractivity contribution >= 4 is 37.3 Å². The molecule has 140 valence electrons. The Bertz CT molecular complexity index is 927. The molecule has 0 aliphatic heterocycles. The molecule has 3 N–H and O–H groups in total. The first-order chi connectivity index (χ1) is 13.1. The lowest BCUT2D eigenvalue weighted by Crippen LogP contribution is -2.13. The van der Waals surface area contributed by atoms with Gasteiger partial charge in [-0.2, -0.15) is 0 Å². The second-order valence-electron chi connectivity index (χ2n) is 6.18. The molecule has 0 spiro atoms. The van der Waals surface area contributed by atoms with Crippen LogP contribution < -0.4 is 11.1 Å². The van der Waals surface area contributed by atoms with Crippen molar-refractivity contribution in [3.8, 4) is 10.4 Å². The summed E-state index contributed by atoms with van der Waals surface area (Å²) in [6.45, 7) is 1.87. The maximum atomic E-state index is 12.6. The van der Waals surface area contributed by atoms with Crippen molar-refractivity contribution in [1.82, 2.24) is 0 Å². The van der Waals surface area contributed by atoms with E-state index in [0.717, 1.165) is 16.0 Å². The van der Waals surface area contributed by atoms with Crippen molar-refractivity contribution in [2.24, 2.45) is 0 Å². The average Bonchev–Trinajstić information content (AvgIpc) is 3.19. The lowest BCUT2D eigenvalue weighted by molar-refractivity contribution is 0.102. The highest BCUT2D eigenvalue weighted by Gasteiger charge is 2.11. The van der Waals surface area contributed by atoms with Crippen molar-refractivity contribution < 1.29 is 13.9 Å². The minimum Gasteiger partial charge on any atom is -0.397 e. The second-order valence-corrected chi connectivity index (χ2v) is 7.59. The Labute approximate surface area is 163 Å². The van der Waals surface area contributed by atoms with Gasteiger partial charge < -0.3 is 15.6 Å². The third kappa shape index (κ3) is 5.07. The first-order valence-electron chi connectivity index (χ1n) is 8.49. The van der Waals surface area contributed by atoms with Gasteiger partial charge >= 0.3 is 0 Å². The van der Waals surface area contributed by atoms with Crippen LogP contribution in [0, 0.1) is 0 Å². The zero-order chi connectivity index (χ0) is 19.2. The maximum absolute atomic E-state index is 12.6. The Morgan fingerprint density at radius 1 is 1.22 bits per heavy atom. The lowest BCUT2D eigenvalue weighted by atomic mass is 10.1. The minimum absolute atomic E-state index is 0.114. The number of benzene rings is 2. The summed E-state index contributed by atoms with van der Waals surface area (Å²) in [5.41, 5.74) is 9.72. The Morgan fingerprint density at radius 2 is 2.00 bits per heavy atom. The van der Waals surface area contributed by atoms with E-state index in [-0.39, 0.29) is 12.0 Å². The highest BCUT2D eigenvalue weighted by molar-refractivity contribution is 7.17. The van der Waals surface area contributed by atoms with Crippen molar-refractivity contribution in [1.29, 1.82) is 0 Å². The van der Waals surface area contributed by atoms with Crippen LogP contribution in [0.25, 0.3) is 10.4 Å². The highest BCUT2D eigenvalue weighted by atomic mass is 32.1. The fraction of sp³-hybridized carbons (Fsp3) is 0.150. The molecule has 3 aromatic rings. The van der Waals surface area contributed by atoms with E-state index in [1.807, 2.05) is 48.7 Å². The summed E-state index contributed by atoms with van der Waals surface area (Å²) in [5, 5.41) is 4.90. The number of hydrogen-bond acceptors (Lipinski definition) is 5. The molecule has 2 aromatic carbocycles. The molecule has 1 heterocycles. The summed E-state index contributed by atoms with van der Waals surface area (Å²) in [7, 11) is -1.21. The quantitative estimate of drug-likeness (QED) is 0.438. The van der Waals surface area contributed by atoms with Crippen molar-refractivity contribution in [2.75, 3.05) is 11.1 Å². The topological polar surface area (TPSA) is 81.4 Å². The minimum atomic E-state index is -1.21. The van der Waals surface area contributed by atoms with Gasteiger partial charge in [-0.1, -0.05) is 24.3 Å². The Hall–Kier alpha value is -2.40. The molecule has 2 atom stereocenters. The van der Waals surface area contributed by atoms with Crippen LogP contribution in [-0.4, -0.2) is 12.0 Å². The molecule has 0 saturated carbocycles. The number of carbonyl (C=O) groups is 1. The smallest absolute Gasteiger partial charge is 0.255 e. The van der Waals surface area contributed by atoms with E-state index in [2.05, 4.69) is 5.32 Å². The first kappa shape index (κ1) is 19.4. The fourth-order valence-electron chi connectivity index (χ4n) is 2.72. The molecule has 0 bridgehead atoms. The van der Waals surface area contributed by atoms with Crippen LogP contribution in [0.1, 0.15) is 22.8 Å². The molecular formula is C20H21N2O3PS. The van der Waals surface area contributed by atoms with E-state index in [0.29, 0.717) is 23.4 Å². The summed E-state index contributed by atoms with van der Waals surface area (Å²) in [6, 6.07) is 16.9. The number of rotatable bonds is 7. The molecule has 1 unspecified atom stereocenters. The zero-order valence-corrected chi connectivity index (χ0v) is 16.8. The summed E-state index contributed by atoms with van der Waals surface area (Å²) in [6.07, 6.45) is 0.532. The van der Waals surface area contributed by atoms with Crippen LogP contribution in [0.3, 0.4) is 0 Å². The predicted octanol–water partition coefficient (Wildman–Crippen LogP) is 4.87. The summed E-state index contributed by atoms with van der Waals surface area (Å²) >= 11 is 1.63. The molecule has 27 heavy (non-hydrogen) atoms. The third-order valence-electron chi connectivity index (χ3n) is 4.13. The molecule has 7 heteroatoms. The van der Waals surface area contributed by atoms with E-state index in [4.69, 9.17) is 10.3 Å². The van der Waals surface area contributed by atoms with Gasteiger partial charge in [0, 0.05) is 10.4 Å². The van der Waals surface area contributed by atoms with Gasteiger partial charge in [-0.15, -0.1) is 11.3 Å². The van der Waals surface area contributed by atoms with Gasteiger partial charge in [0.15, 0.2) is 8.69 Å². The molecule has 5 nitrogen and oxygen atoms in total. The second kappa shape index (κ2) is 9.00. The van der Waals surface area contributed by atoms with Crippen LogP contribution >= 0.6 is 20.0 Å². The highest BCUT2D eigenvalue weighted by Crippen LogP contribution is 2.30. The van der Waals surface area contributed by atoms with Gasteiger partial charge in [-0.05, 0) is 60.2 Å². The maximum Gasteiger partial charge on any atom is 0.255 e. The molecule has 0 aliphatic rings. The predicted molar refractivity (Wildman–Crippen MR) is 113 cm³/mol. The molecule has 1 aromatic heterocycles. The molecule has 0 saturated heterocycles. The molecule has 0 aliphatic carbocycles. The zero-order valence-electron chi connectivity index (χ0n) is 14.8. The Balaban J connectivity index is 1.72. The SMILES string of the molecule is C[C@H](Cc1ccc(C(=O)Nc2cc(-c3cccs3)ccc2N)cc1)O[PH2]=O. The number of nitrogens with two attached hydrogens (primary N) is 1. The Morgan fingerprint density at radius 3 is 2.67 bits per heavy atom. The van der Waals surface area contributed by atoms with Gasteiger partial charge in [0.05, 0.1) is 17.5 Å². The summed E-state index contributed by atoms with van der Waals surface area (Å²) < 4.78 is 15.7. The van der Waals surface area contributed by atoms with Gasteiger partial charge in [-0.3, -0.25) is 9.36 Å². The number of thiophene rings is 1. The average molecular weight is 400 g/mol. The number of anilines is 2. The van der Waals surface area contributed by atoms with Crippen LogP contribution in [0.15, 0.2) is 60.0 Å². The molecule has 1 amide bonds. The summed E-state index contributed by atoms with van der Waals surface area (Å²) in [5.74, 6) is -0.218. The van der Waals surface area contributed by atoms with E-state index in [9.17, 15) is 9.36 Å². The molecule has 0 radical (unpaired) electrons. The van der Waals surface area contributed by atoms with Crippen molar-refractivity contribution in [3.63, 3.8) is 0 Å². The van der Waals surface area contributed by atoms with E-state index in [1.54, 1.807) is 29.5 Å². The van der Waals surface area contributed by atoms with Crippen LogP contribution in [0.5, 0.6) is 0 Å². The largest absolute Gasteiger partial charge is 0.397 e. The standard InChI is InChI=1S/C20H21N2O3PS/c1-13(25-26-24)11-14-4-6-15(7-5-14)20(23)22-18-12-16(8-9-17(18)21)19-3-2-10-27-19/h2-10,12-13H,11,21,26H2,1H3,(H,22,23)/t13-/m1/s1. The van der Waals surface area contributed by atoms with E-state index in [1.165, 1.54) is 0 Å². The van der Waals surface area contributed by atoms with Crippen LogP contribution in [-0.2, 0) is 15.5 Å². The first-order valence-corrected chi connectivity index (χ1v) is 10.3. The summed E-state index contributed by atoms with van der Waals surface area (Å²) in [4.78, 5) is 13.7. The number of nitrogen functional groups attached to an aromatic ring is 1. The van der Waals surface area contributed by atoms with Gasteiger partial charge in [0.1, 0.15) is 0 Å².